The first-order chi connectivity index (χ1) is 15.5. The van der Waals surface area contributed by atoms with E-state index in [1.807, 2.05) is 12.1 Å². The van der Waals surface area contributed by atoms with Crippen molar-refractivity contribution in [3.63, 3.8) is 0 Å². The first-order valence-electron chi connectivity index (χ1n) is 10.8. The van der Waals surface area contributed by atoms with Crippen molar-refractivity contribution < 1.29 is 19.1 Å². The minimum Gasteiger partial charge on any atom is -0.491 e. The molecule has 2 aromatic carbocycles. The Morgan fingerprint density at radius 2 is 1.84 bits per heavy atom. The number of hydrogen-bond donors (Lipinski definition) is 3. The highest BCUT2D eigenvalue weighted by Gasteiger charge is 2.20. The molecule has 170 valence electrons. The van der Waals surface area contributed by atoms with Crippen LogP contribution in [0.25, 0.3) is 0 Å². The Kier molecular flexibility index (Phi) is 8.08. The van der Waals surface area contributed by atoms with Crippen molar-refractivity contribution in [1.29, 1.82) is 5.41 Å². The Labute approximate surface area is 188 Å². The minimum absolute atomic E-state index is 0.0160. The fourth-order valence-electron chi connectivity index (χ4n) is 3.59. The van der Waals surface area contributed by atoms with E-state index in [0.29, 0.717) is 16.9 Å². The molecule has 1 saturated heterocycles. The van der Waals surface area contributed by atoms with Gasteiger partial charge in [-0.1, -0.05) is 12.1 Å². The lowest BCUT2D eigenvalue weighted by Crippen LogP contribution is -2.41. The zero-order valence-corrected chi connectivity index (χ0v) is 18.3. The predicted octanol–water partition coefficient (Wildman–Crippen LogP) is 2.70. The summed E-state index contributed by atoms with van der Waals surface area (Å²) in [5.41, 5.74) is 7.68. The molecule has 1 heterocycles. The van der Waals surface area contributed by atoms with Gasteiger partial charge in [-0.05, 0) is 56.2 Å². The summed E-state index contributed by atoms with van der Waals surface area (Å²) in [6.07, 6.45) is 2.36. The van der Waals surface area contributed by atoms with Gasteiger partial charge >= 0.3 is 5.97 Å². The molecule has 1 aliphatic rings. The van der Waals surface area contributed by atoms with Gasteiger partial charge < -0.3 is 25.4 Å². The van der Waals surface area contributed by atoms with Gasteiger partial charge in [0, 0.05) is 29.9 Å². The molecule has 2 aromatic rings. The van der Waals surface area contributed by atoms with Crippen LogP contribution < -0.4 is 20.7 Å². The van der Waals surface area contributed by atoms with Gasteiger partial charge in [-0.25, -0.2) is 0 Å². The maximum atomic E-state index is 12.8. The highest BCUT2D eigenvalue weighted by molar-refractivity contribution is 5.95. The molecule has 0 aliphatic carbocycles. The number of nitrogens with zero attached hydrogens (tertiary/aromatic N) is 1. The van der Waals surface area contributed by atoms with Crippen LogP contribution >= 0.6 is 0 Å². The topological polar surface area (TPSA) is 118 Å². The summed E-state index contributed by atoms with van der Waals surface area (Å²) in [6, 6.07) is 13.7. The molecule has 4 N–H and O–H groups in total. The van der Waals surface area contributed by atoms with Crippen LogP contribution in [0.15, 0.2) is 48.5 Å². The largest absolute Gasteiger partial charge is 0.491 e. The Hall–Kier alpha value is -3.55. The number of rotatable bonds is 10. The van der Waals surface area contributed by atoms with Gasteiger partial charge in [0.05, 0.1) is 19.1 Å². The summed E-state index contributed by atoms with van der Waals surface area (Å²) in [6.45, 7) is 4.14. The third-order valence-corrected chi connectivity index (χ3v) is 5.25. The predicted molar refractivity (Wildman–Crippen MR) is 123 cm³/mol. The maximum Gasteiger partial charge on any atom is 0.307 e. The lowest BCUT2D eigenvalue weighted by molar-refractivity contribution is -0.143. The summed E-state index contributed by atoms with van der Waals surface area (Å²) >= 11 is 0. The molecule has 0 aromatic heterocycles. The third-order valence-electron chi connectivity index (χ3n) is 5.25. The van der Waals surface area contributed by atoms with Gasteiger partial charge in [0.25, 0.3) is 5.91 Å². The molecule has 0 saturated carbocycles. The Morgan fingerprint density at radius 3 is 2.50 bits per heavy atom. The second-order valence-corrected chi connectivity index (χ2v) is 7.67. The number of amidine groups is 1. The Bertz CT molecular complexity index is 939. The van der Waals surface area contributed by atoms with E-state index in [0.717, 1.165) is 18.8 Å². The monoisotopic (exact) mass is 438 g/mol. The van der Waals surface area contributed by atoms with Crippen molar-refractivity contribution >= 4 is 23.4 Å². The van der Waals surface area contributed by atoms with Gasteiger partial charge in [-0.3, -0.25) is 15.0 Å². The van der Waals surface area contributed by atoms with Crippen LogP contribution in [0, 0.1) is 5.41 Å². The molecule has 1 fully saturated rings. The van der Waals surface area contributed by atoms with E-state index in [4.69, 9.17) is 20.6 Å². The first-order valence-corrected chi connectivity index (χ1v) is 10.8. The van der Waals surface area contributed by atoms with Crippen LogP contribution in [-0.2, 0) is 9.53 Å². The number of esters is 1. The Balaban J connectivity index is 1.65. The summed E-state index contributed by atoms with van der Waals surface area (Å²) in [5.74, 6) is -0.267. The molecule has 8 nitrogen and oxygen atoms in total. The summed E-state index contributed by atoms with van der Waals surface area (Å²) < 4.78 is 10.8. The summed E-state index contributed by atoms with van der Waals surface area (Å²) in [5, 5.41) is 10.4. The fraction of sp³-hybridized carbons (Fsp3) is 0.375. The van der Waals surface area contributed by atoms with E-state index in [2.05, 4.69) is 10.2 Å². The molecule has 1 amide bonds. The summed E-state index contributed by atoms with van der Waals surface area (Å²) in [4.78, 5) is 27.1. The number of anilines is 1. The molecule has 1 aliphatic heterocycles. The smallest absolute Gasteiger partial charge is 0.307 e. The molecule has 0 radical (unpaired) electrons. The number of carbonyl (C=O) groups is 2. The van der Waals surface area contributed by atoms with Crippen molar-refractivity contribution in [1.82, 2.24) is 5.32 Å². The second kappa shape index (κ2) is 11.2. The quantitative estimate of drug-likeness (QED) is 0.298. The highest BCUT2D eigenvalue weighted by Crippen LogP contribution is 2.20. The number of ether oxygens (including phenoxy) is 2. The normalized spacial score (nSPS) is 14.0. The average molecular weight is 439 g/mol. The van der Waals surface area contributed by atoms with E-state index in [9.17, 15) is 9.59 Å². The zero-order valence-electron chi connectivity index (χ0n) is 18.3. The van der Waals surface area contributed by atoms with Gasteiger partial charge in [0.15, 0.2) is 0 Å². The van der Waals surface area contributed by atoms with Gasteiger partial charge in [-0.2, -0.15) is 0 Å². The summed E-state index contributed by atoms with van der Waals surface area (Å²) in [7, 11) is 0. The lowest BCUT2D eigenvalue weighted by atomic mass is 10.1. The van der Waals surface area contributed by atoms with Crippen LogP contribution in [0.4, 0.5) is 5.69 Å². The zero-order chi connectivity index (χ0) is 22.9. The molecule has 0 spiro atoms. The van der Waals surface area contributed by atoms with Gasteiger partial charge in [-0.15, -0.1) is 0 Å². The van der Waals surface area contributed by atoms with Crippen LogP contribution in [0.2, 0.25) is 0 Å². The number of nitrogens with two attached hydrogens (primary N) is 1. The molecule has 8 heteroatoms. The highest BCUT2D eigenvalue weighted by atomic mass is 16.5. The lowest BCUT2D eigenvalue weighted by Gasteiger charge is -2.20. The standard InChI is InChI=1S/C24H30N4O4/c1-2-31-22(29)15-19(16-32-21-7-5-6-18(14-21)23(25)26)27-24(30)17-8-10-20(11-9-17)28-12-3-4-13-28/h5-11,14,19H,2-4,12-13,15-16H2,1H3,(H3,25,26)(H,27,30)/t19-/m1/s1. The fourth-order valence-corrected chi connectivity index (χ4v) is 3.59. The van der Waals surface area contributed by atoms with E-state index >= 15 is 0 Å². The molecular weight excluding hydrogens is 408 g/mol. The van der Waals surface area contributed by atoms with E-state index < -0.39 is 12.0 Å². The number of nitrogens with one attached hydrogen (secondary N) is 2. The number of hydrogen-bond acceptors (Lipinski definition) is 6. The number of amides is 1. The molecule has 0 bridgehead atoms. The molecule has 1 atom stereocenters. The van der Waals surface area contributed by atoms with Gasteiger partial charge in [0.1, 0.15) is 18.2 Å². The van der Waals surface area contributed by atoms with Crippen molar-refractivity contribution in [2.45, 2.75) is 32.2 Å². The SMILES string of the molecule is CCOC(=O)C[C@H](COc1cccc(C(=N)N)c1)NC(=O)c1ccc(N2CCCC2)cc1. The first kappa shape index (κ1) is 23.1. The van der Waals surface area contributed by atoms with E-state index in [1.165, 1.54) is 12.8 Å². The Morgan fingerprint density at radius 1 is 1.12 bits per heavy atom. The number of nitrogen functional groups attached to an aromatic ring is 1. The van der Waals surface area contributed by atoms with Crippen molar-refractivity contribution in [2.24, 2.45) is 5.73 Å². The van der Waals surface area contributed by atoms with E-state index in [-0.39, 0.29) is 31.4 Å². The molecule has 0 unspecified atom stereocenters. The van der Waals surface area contributed by atoms with Crippen LogP contribution in [-0.4, -0.2) is 50.1 Å². The van der Waals surface area contributed by atoms with Crippen LogP contribution in [0.1, 0.15) is 42.1 Å². The van der Waals surface area contributed by atoms with Crippen LogP contribution in [0.5, 0.6) is 5.75 Å². The van der Waals surface area contributed by atoms with Crippen molar-refractivity contribution in [3.8, 4) is 5.75 Å². The van der Waals surface area contributed by atoms with E-state index in [1.54, 1.807) is 43.3 Å². The number of benzene rings is 2. The molecule has 3 rings (SSSR count). The van der Waals surface area contributed by atoms with Crippen molar-refractivity contribution in [3.05, 3.63) is 59.7 Å². The number of carbonyl (C=O) groups excluding carboxylic acids is 2. The molecular formula is C24H30N4O4. The maximum absolute atomic E-state index is 12.8. The minimum atomic E-state index is -0.583. The van der Waals surface area contributed by atoms with Crippen LogP contribution in [0.3, 0.4) is 0 Å². The third kappa shape index (κ3) is 6.47. The average Bonchev–Trinajstić information content (AvgIpc) is 3.33. The second-order valence-electron chi connectivity index (χ2n) is 7.67. The van der Waals surface area contributed by atoms with Crippen molar-refractivity contribution in [2.75, 3.05) is 31.2 Å². The molecule has 32 heavy (non-hydrogen) atoms. The van der Waals surface area contributed by atoms with Gasteiger partial charge in [0.2, 0.25) is 0 Å².